The average Bonchev–Trinajstić information content (AvgIpc) is 2.37. The largest absolute Gasteiger partial charge is 0.436 e. The molecule has 0 spiro atoms. The van der Waals surface area contributed by atoms with Crippen LogP contribution in [0.4, 0.5) is 13.2 Å². The number of carbonyl (C=O) groups excluding carboxylic acids is 1. The maximum Gasteiger partial charge on any atom is 0.416 e. The molecule has 6 heteroatoms. The van der Waals surface area contributed by atoms with Gasteiger partial charge in [0.25, 0.3) is 0 Å². The van der Waals surface area contributed by atoms with Crippen molar-refractivity contribution in [3.63, 3.8) is 0 Å². The molecule has 110 valence electrons. The lowest BCUT2D eigenvalue weighted by atomic mass is 9.99. The van der Waals surface area contributed by atoms with Gasteiger partial charge in [-0.15, -0.1) is 0 Å². The number of ether oxygens (including phenoxy) is 2. The zero-order valence-corrected chi connectivity index (χ0v) is 10.9. The highest BCUT2D eigenvalue weighted by molar-refractivity contribution is 5.66. The number of hydrogen-bond acceptors (Lipinski definition) is 3. The molecular weight excluding hydrogens is 273 g/mol. The molecule has 0 N–H and O–H groups in total. The molecule has 0 amide bonds. The Balaban J connectivity index is 2.05. The predicted molar refractivity (Wildman–Crippen MR) is 64.7 cm³/mol. The van der Waals surface area contributed by atoms with Gasteiger partial charge in [0.15, 0.2) is 0 Å². The summed E-state index contributed by atoms with van der Waals surface area (Å²) in [6.45, 7) is 1.30. The van der Waals surface area contributed by atoms with Gasteiger partial charge in [0.1, 0.15) is 0 Å². The predicted octanol–water partition coefficient (Wildman–Crippen LogP) is 3.84. The first kappa shape index (κ1) is 14.8. The van der Waals surface area contributed by atoms with Gasteiger partial charge in [0.05, 0.1) is 11.7 Å². The van der Waals surface area contributed by atoms with Crippen molar-refractivity contribution in [1.82, 2.24) is 0 Å². The fourth-order valence-electron chi connectivity index (χ4n) is 2.19. The van der Waals surface area contributed by atoms with Crippen molar-refractivity contribution >= 4 is 5.97 Å². The monoisotopic (exact) mass is 288 g/mol. The van der Waals surface area contributed by atoms with E-state index in [-0.39, 0.29) is 6.10 Å². The average molecular weight is 288 g/mol. The molecule has 0 aliphatic carbocycles. The Hall–Kier alpha value is -1.56. The molecule has 1 fully saturated rings. The van der Waals surface area contributed by atoms with Crippen LogP contribution in [-0.4, -0.2) is 12.3 Å². The van der Waals surface area contributed by atoms with Gasteiger partial charge < -0.3 is 9.47 Å². The smallest absolute Gasteiger partial charge is 0.416 e. The fraction of sp³-hybridized carbons (Fsp3) is 0.500. The summed E-state index contributed by atoms with van der Waals surface area (Å²) in [6, 6.07) is 4.88. The van der Waals surface area contributed by atoms with Crippen LogP contribution in [0.1, 0.15) is 43.4 Å². The number of benzene rings is 1. The summed E-state index contributed by atoms with van der Waals surface area (Å²) in [4.78, 5) is 10.9. The van der Waals surface area contributed by atoms with E-state index in [0.717, 1.165) is 18.6 Å². The van der Waals surface area contributed by atoms with Crippen LogP contribution in [0.15, 0.2) is 24.3 Å². The van der Waals surface area contributed by atoms with Crippen LogP contribution in [0.2, 0.25) is 0 Å². The van der Waals surface area contributed by atoms with E-state index in [1.807, 2.05) is 0 Å². The summed E-state index contributed by atoms with van der Waals surface area (Å²) in [5.41, 5.74) is -0.0246. The molecule has 0 saturated carbocycles. The standard InChI is InChI=1S/C14H15F3O3/c1-9(18)19-13-4-2-3-12(20-13)10-5-7-11(8-6-10)14(15,16)17/h5-8,12-13H,2-4H2,1H3. The van der Waals surface area contributed by atoms with Crippen molar-refractivity contribution in [3.05, 3.63) is 35.4 Å². The first-order chi connectivity index (χ1) is 9.36. The third-order valence-corrected chi connectivity index (χ3v) is 3.13. The van der Waals surface area contributed by atoms with E-state index in [9.17, 15) is 18.0 Å². The molecule has 2 atom stereocenters. The van der Waals surface area contributed by atoms with E-state index in [0.29, 0.717) is 18.4 Å². The summed E-state index contributed by atoms with van der Waals surface area (Å²) >= 11 is 0. The molecule has 0 aromatic heterocycles. The van der Waals surface area contributed by atoms with Crippen LogP contribution in [-0.2, 0) is 20.4 Å². The fourth-order valence-corrected chi connectivity index (χ4v) is 2.19. The molecular formula is C14H15F3O3. The first-order valence-corrected chi connectivity index (χ1v) is 6.36. The van der Waals surface area contributed by atoms with Crippen LogP contribution in [0.3, 0.4) is 0 Å². The highest BCUT2D eigenvalue weighted by Gasteiger charge is 2.31. The molecule has 1 aliphatic rings. The lowest BCUT2D eigenvalue weighted by molar-refractivity contribution is -0.201. The number of halogens is 3. The molecule has 3 nitrogen and oxygen atoms in total. The summed E-state index contributed by atoms with van der Waals surface area (Å²) in [5.74, 6) is -0.428. The molecule has 20 heavy (non-hydrogen) atoms. The minimum atomic E-state index is -4.34. The van der Waals surface area contributed by atoms with Crippen LogP contribution in [0.5, 0.6) is 0 Å². The lowest BCUT2D eigenvalue weighted by Gasteiger charge is -2.29. The summed E-state index contributed by atoms with van der Waals surface area (Å²) in [7, 11) is 0. The van der Waals surface area contributed by atoms with Crippen molar-refractivity contribution in [3.8, 4) is 0 Å². The van der Waals surface area contributed by atoms with E-state index in [2.05, 4.69) is 0 Å². The highest BCUT2D eigenvalue weighted by atomic mass is 19.4. The number of alkyl halides is 3. The SMILES string of the molecule is CC(=O)OC1CCCC(c2ccc(C(F)(F)F)cc2)O1. The van der Waals surface area contributed by atoms with E-state index < -0.39 is 24.0 Å². The Morgan fingerprint density at radius 2 is 1.90 bits per heavy atom. The third-order valence-electron chi connectivity index (χ3n) is 3.13. The van der Waals surface area contributed by atoms with Gasteiger partial charge in [0, 0.05) is 13.3 Å². The lowest BCUT2D eigenvalue weighted by Crippen LogP contribution is -2.26. The Labute approximate surface area is 114 Å². The van der Waals surface area contributed by atoms with Gasteiger partial charge >= 0.3 is 12.1 Å². The molecule has 2 unspecified atom stereocenters. The van der Waals surface area contributed by atoms with Crippen molar-refractivity contribution in [1.29, 1.82) is 0 Å². The molecule has 1 saturated heterocycles. The van der Waals surface area contributed by atoms with E-state index in [4.69, 9.17) is 9.47 Å². The zero-order valence-electron chi connectivity index (χ0n) is 10.9. The Morgan fingerprint density at radius 1 is 1.25 bits per heavy atom. The van der Waals surface area contributed by atoms with Crippen molar-refractivity contribution in [2.75, 3.05) is 0 Å². The van der Waals surface area contributed by atoms with Crippen molar-refractivity contribution < 1.29 is 27.4 Å². The Morgan fingerprint density at radius 3 is 2.45 bits per heavy atom. The summed E-state index contributed by atoms with van der Waals surface area (Å²) < 4.78 is 48.0. The van der Waals surface area contributed by atoms with Gasteiger partial charge in [0.2, 0.25) is 6.29 Å². The van der Waals surface area contributed by atoms with Crippen molar-refractivity contribution in [2.24, 2.45) is 0 Å². The first-order valence-electron chi connectivity index (χ1n) is 6.36. The maximum absolute atomic E-state index is 12.5. The van der Waals surface area contributed by atoms with Gasteiger partial charge in [-0.2, -0.15) is 13.2 Å². The Bertz CT molecular complexity index is 468. The molecule has 0 radical (unpaired) electrons. The molecule has 0 bridgehead atoms. The highest BCUT2D eigenvalue weighted by Crippen LogP contribution is 2.34. The third kappa shape index (κ3) is 3.72. The van der Waals surface area contributed by atoms with E-state index in [1.54, 1.807) is 0 Å². The topological polar surface area (TPSA) is 35.5 Å². The second-order valence-corrected chi connectivity index (χ2v) is 4.71. The zero-order chi connectivity index (χ0) is 14.8. The normalized spacial score (nSPS) is 23.4. The molecule has 1 aromatic rings. The maximum atomic E-state index is 12.5. The van der Waals surface area contributed by atoms with Gasteiger partial charge in [-0.3, -0.25) is 4.79 Å². The van der Waals surface area contributed by atoms with Gasteiger partial charge in [-0.1, -0.05) is 12.1 Å². The quantitative estimate of drug-likeness (QED) is 0.776. The van der Waals surface area contributed by atoms with Gasteiger partial charge in [-0.05, 0) is 30.5 Å². The number of carbonyl (C=O) groups is 1. The molecule has 1 heterocycles. The summed E-state index contributed by atoms with van der Waals surface area (Å²) in [5, 5.41) is 0. The second kappa shape index (κ2) is 5.83. The van der Waals surface area contributed by atoms with Crippen molar-refractivity contribution in [2.45, 2.75) is 44.8 Å². The van der Waals surface area contributed by atoms with Crippen LogP contribution in [0, 0.1) is 0 Å². The number of esters is 1. The minimum absolute atomic E-state index is 0.338. The number of hydrogen-bond donors (Lipinski definition) is 0. The molecule has 2 rings (SSSR count). The second-order valence-electron chi connectivity index (χ2n) is 4.71. The summed E-state index contributed by atoms with van der Waals surface area (Å²) in [6.07, 6.45) is -3.20. The molecule has 1 aliphatic heterocycles. The van der Waals surface area contributed by atoms with Crippen LogP contribution < -0.4 is 0 Å². The van der Waals surface area contributed by atoms with Crippen LogP contribution >= 0.6 is 0 Å². The Kier molecular flexibility index (Phi) is 4.32. The molecule has 1 aromatic carbocycles. The van der Waals surface area contributed by atoms with E-state index >= 15 is 0 Å². The minimum Gasteiger partial charge on any atom is -0.436 e. The van der Waals surface area contributed by atoms with E-state index in [1.165, 1.54) is 19.1 Å². The van der Waals surface area contributed by atoms with Gasteiger partial charge in [-0.25, -0.2) is 0 Å². The van der Waals surface area contributed by atoms with Crippen LogP contribution in [0.25, 0.3) is 0 Å². The number of rotatable bonds is 2.